The Morgan fingerprint density at radius 3 is 2.77 bits per heavy atom. The van der Waals surface area contributed by atoms with Gasteiger partial charge in [-0.2, -0.15) is 4.98 Å². The summed E-state index contributed by atoms with van der Waals surface area (Å²) >= 11 is 6.17. The summed E-state index contributed by atoms with van der Waals surface area (Å²) in [7, 11) is 0. The highest BCUT2D eigenvalue weighted by Crippen LogP contribution is 2.32. The van der Waals surface area contributed by atoms with Gasteiger partial charge in [0.15, 0.2) is 11.5 Å². The van der Waals surface area contributed by atoms with E-state index in [4.69, 9.17) is 21.1 Å². The van der Waals surface area contributed by atoms with E-state index in [1.165, 1.54) is 0 Å². The number of halogens is 1. The Kier molecular flexibility index (Phi) is 4.75. The van der Waals surface area contributed by atoms with Crippen molar-refractivity contribution in [3.05, 3.63) is 70.9 Å². The Morgan fingerprint density at radius 1 is 0.962 bits per heavy atom. The lowest BCUT2D eigenvalue weighted by Gasteiger charge is -2.09. The third-order valence-electron chi connectivity index (χ3n) is 3.96. The van der Waals surface area contributed by atoms with E-state index in [-0.39, 0.29) is 6.79 Å². The molecule has 0 unspecified atom stereocenters. The predicted molar refractivity (Wildman–Crippen MR) is 101 cm³/mol. The van der Waals surface area contributed by atoms with Gasteiger partial charge < -0.3 is 20.1 Å². The van der Waals surface area contributed by atoms with E-state index in [1.54, 1.807) is 6.20 Å². The number of hydrogen-bond acceptors (Lipinski definition) is 6. The third-order valence-corrected chi connectivity index (χ3v) is 4.33. The molecule has 1 aliphatic heterocycles. The fourth-order valence-corrected chi connectivity index (χ4v) is 2.80. The maximum absolute atomic E-state index is 6.17. The topological polar surface area (TPSA) is 68.3 Å². The summed E-state index contributed by atoms with van der Waals surface area (Å²) in [4.78, 5) is 8.72. The summed E-state index contributed by atoms with van der Waals surface area (Å²) in [5, 5.41) is 7.20. The number of nitrogens with one attached hydrogen (secondary N) is 2. The molecule has 6 nitrogen and oxygen atoms in total. The molecule has 7 heteroatoms. The summed E-state index contributed by atoms with van der Waals surface area (Å²) in [5.41, 5.74) is 2.08. The average molecular weight is 369 g/mol. The van der Waals surface area contributed by atoms with Crippen molar-refractivity contribution < 1.29 is 9.47 Å². The smallest absolute Gasteiger partial charge is 0.231 e. The Hall–Kier alpha value is -2.99. The molecule has 0 radical (unpaired) electrons. The molecule has 0 atom stereocenters. The highest BCUT2D eigenvalue weighted by Gasteiger charge is 2.13. The van der Waals surface area contributed by atoms with Crippen LogP contribution in [-0.2, 0) is 13.1 Å². The largest absolute Gasteiger partial charge is 0.454 e. The lowest BCUT2D eigenvalue weighted by atomic mass is 10.2. The monoisotopic (exact) mass is 368 g/mol. The molecule has 0 bridgehead atoms. The van der Waals surface area contributed by atoms with Crippen LogP contribution in [0.3, 0.4) is 0 Å². The molecule has 0 amide bonds. The van der Waals surface area contributed by atoms with Gasteiger partial charge in [0, 0.05) is 24.3 Å². The number of hydrogen-bond donors (Lipinski definition) is 2. The molecule has 4 rings (SSSR count). The van der Waals surface area contributed by atoms with Gasteiger partial charge in [-0.05, 0) is 35.4 Å². The van der Waals surface area contributed by atoms with E-state index in [0.29, 0.717) is 19.0 Å². The van der Waals surface area contributed by atoms with E-state index in [2.05, 4.69) is 20.6 Å². The van der Waals surface area contributed by atoms with Gasteiger partial charge in [-0.1, -0.05) is 35.9 Å². The lowest BCUT2D eigenvalue weighted by Crippen LogP contribution is -2.07. The van der Waals surface area contributed by atoms with Crippen LogP contribution in [0.1, 0.15) is 11.1 Å². The number of fused-ring (bicyclic) bond motifs is 1. The van der Waals surface area contributed by atoms with Crippen LogP contribution >= 0.6 is 11.6 Å². The standard InChI is InChI=1S/C19H17ClN4O2/c20-15-4-2-1-3-14(15)11-23-19-21-8-7-18(24-19)22-10-13-5-6-16-17(9-13)26-12-25-16/h1-9H,10-12H2,(H2,21,22,23,24). The predicted octanol–water partition coefficient (Wildman–Crippen LogP) is 4.08. The van der Waals surface area contributed by atoms with Crippen molar-refractivity contribution >= 4 is 23.4 Å². The van der Waals surface area contributed by atoms with Crippen molar-refractivity contribution in [2.75, 3.05) is 17.4 Å². The molecule has 0 spiro atoms. The van der Waals surface area contributed by atoms with Gasteiger partial charge in [0.1, 0.15) is 5.82 Å². The number of rotatable bonds is 6. The Labute approximate surface area is 156 Å². The van der Waals surface area contributed by atoms with Gasteiger partial charge in [0.2, 0.25) is 12.7 Å². The molecule has 3 aromatic rings. The molecule has 26 heavy (non-hydrogen) atoms. The van der Waals surface area contributed by atoms with Crippen LogP contribution in [-0.4, -0.2) is 16.8 Å². The quantitative estimate of drug-likeness (QED) is 0.683. The summed E-state index contributed by atoms with van der Waals surface area (Å²) in [6.07, 6.45) is 1.71. The first-order chi connectivity index (χ1) is 12.8. The second kappa shape index (κ2) is 7.49. The molecule has 0 saturated heterocycles. The SMILES string of the molecule is Clc1ccccc1CNc1nccc(NCc2ccc3c(c2)OCO3)n1. The molecule has 0 aliphatic carbocycles. The summed E-state index contributed by atoms with van der Waals surface area (Å²) in [6, 6.07) is 15.4. The van der Waals surface area contributed by atoms with Crippen molar-refractivity contribution in [2.45, 2.75) is 13.1 Å². The minimum atomic E-state index is 0.276. The van der Waals surface area contributed by atoms with Crippen LogP contribution in [0.25, 0.3) is 0 Å². The van der Waals surface area contributed by atoms with Gasteiger partial charge in [-0.15, -0.1) is 0 Å². The molecule has 0 saturated carbocycles. The second-order valence-corrected chi connectivity index (χ2v) is 6.16. The summed E-state index contributed by atoms with van der Waals surface area (Å²) < 4.78 is 10.7. The molecule has 132 valence electrons. The fraction of sp³-hybridized carbons (Fsp3) is 0.158. The van der Waals surface area contributed by atoms with Crippen LogP contribution in [0.4, 0.5) is 11.8 Å². The number of nitrogens with zero attached hydrogens (tertiary/aromatic N) is 2. The van der Waals surface area contributed by atoms with E-state index >= 15 is 0 Å². The van der Waals surface area contributed by atoms with Crippen molar-refractivity contribution in [3.63, 3.8) is 0 Å². The normalized spacial score (nSPS) is 12.0. The zero-order valence-electron chi connectivity index (χ0n) is 13.9. The van der Waals surface area contributed by atoms with Crippen molar-refractivity contribution in [1.29, 1.82) is 0 Å². The van der Waals surface area contributed by atoms with Gasteiger partial charge in [-0.3, -0.25) is 0 Å². The van der Waals surface area contributed by atoms with E-state index in [9.17, 15) is 0 Å². The Morgan fingerprint density at radius 2 is 1.85 bits per heavy atom. The van der Waals surface area contributed by atoms with Gasteiger partial charge in [0.25, 0.3) is 0 Å². The first kappa shape index (κ1) is 16.5. The van der Waals surface area contributed by atoms with Gasteiger partial charge in [0.05, 0.1) is 0 Å². The minimum Gasteiger partial charge on any atom is -0.454 e. The lowest BCUT2D eigenvalue weighted by molar-refractivity contribution is 0.174. The number of aromatic nitrogens is 2. The first-order valence-corrected chi connectivity index (χ1v) is 8.58. The highest BCUT2D eigenvalue weighted by molar-refractivity contribution is 6.31. The minimum absolute atomic E-state index is 0.276. The van der Waals surface area contributed by atoms with Crippen LogP contribution in [0.15, 0.2) is 54.7 Å². The molecule has 1 aliphatic rings. The van der Waals surface area contributed by atoms with Crippen molar-refractivity contribution in [1.82, 2.24) is 9.97 Å². The molecular formula is C19H17ClN4O2. The van der Waals surface area contributed by atoms with Crippen LogP contribution < -0.4 is 20.1 Å². The van der Waals surface area contributed by atoms with E-state index in [0.717, 1.165) is 33.5 Å². The molecule has 2 aromatic carbocycles. The number of ether oxygens (including phenoxy) is 2. The third kappa shape index (κ3) is 3.81. The fourth-order valence-electron chi connectivity index (χ4n) is 2.60. The molecule has 0 fully saturated rings. The molecule has 1 aromatic heterocycles. The number of benzene rings is 2. The van der Waals surface area contributed by atoms with Crippen LogP contribution in [0.5, 0.6) is 11.5 Å². The number of anilines is 2. The maximum Gasteiger partial charge on any atom is 0.231 e. The van der Waals surface area contributed by atoms with Crippen molar-refractivity contribution in [2.24, 2.45) is 0 Å². The summed E-state index contributed by atoms with van der Waals surface area (Å²) in [5.74, 6) is 2.83. The zero-order valence-corrected chi connectivity index (χ0v) is 14.7. The maximum atomic E-state index is 6.17. The van der Waals surface area contributed by atoms with Crippen molar-refractivity contribution in [3.8, 4) is 11.5 Å². The van der Waals surface area contributed by atoms with Gasteiger partial charge >= 0.3 is 0 Å². The molecule has 2 N–H and O–H groups in total. The Balaban J connectivity index is 1.37. The van der Waals surface area contributed by atoms with Crippen LogP contribution in [0, 0.1) is 0 Å². The van der Waals surface area contributed by atoms with E-state index < -0.39 is 0 Å². The Bertz CT molecular complexity index is 920. The van der Waals surface area contributed by atoms with Crippen LogP contribution in [0.2, 0.25) is 5.02 Å². The highest BCUT2D eigenvalue weighted by atomic mass is 35.5. The first-order valence-electron chi connectivity index (χ1n) is 8.21. The molecular weight excluding hydrogens is 352 g/mol. The summed E-state index contributed by atoms with van der Waals surface area (Å²) in [6.45, 7) is 1.46. The second-order valence-electron chi connectivity index (χ2n) is 5.75. The van der Waals surface area contributed by atoms with Gasteiger partial charge in [-0.25, -0.2) is 4.98 Å². The zero-order chi connectivity index (χ0) is 17.8. The average Bonchev–Trinajstić information content (AvgIpc) is 3.14. The van der Waals surface area contributed by atoms with E-state index in [1.807, 2.05) is 48.5 Å². The molecule has 2 heterocycles.